The number of fused-ring (bicyclic) bond motifs is 1. The lowest BCUT2D eigenvalue weighted by molar-refractivity contribution is 0.0944. The van der Waals surface area contributed by atoms with Gasteiger partial charge in [-0.2, -0.15) is 5.10 Å². The number of H-pyrrole nitrogens is 1. The van der Waals surface area contributed by atoms with Gasteiger partial charge in [-0.15, -0.1) is 0 Å². The van der Waals surface area contributed by atoms with Crippen LogP contribution in [0.25, 0.3) is 0 Å². The summed E-state index contributed by atoms with van der Waals surface area (Å²) < 4.78 is 13.5. The molecule has 0 spiro atoms. The third-order valence-electron chi connectivity index (χ3n) is 3.67. The minimum absolute atomic E-state index is 0.174. The van der Waals surface area contributed by atoms with Gasteiger partial charge in [0.05, 0.1) is 0 Å². The Hall–Kier alpha value is -2.17. The highest BCUT2D eigenvalue weighted by atomic mass is 19.1. The molecule has 1 aromatic carbocycles. The predicted octanol–water partition coefficient (Wildman–Crippen LogP) is 2.36. The van der Waals surface area contributed by atoms with Crippen LogP contribution in [0, 0.1) is 5.82 Å². The Labute approximate surface area is 116 Å². The van der Waals surface area contributed by atoms with Crippen LogP contribution in [-0.4, -0.2) is 16.1 Å². The molecule has 3 rings (SSSR count). The number of aryl methyl sites for hydroxylation is 1. The quantitative estimate of drug-likeness (QED) is 0.902. The first-order valence-corrected chi connectivity index (χ1v) is 6.83. The van der Waals surface area contributed by atoms with Crippen molar-refractivity contribution < 1.29 is 9.18 Å². The second kappa shape index (κ2) is 5.45. The third-order valence-corrected chi connectivity index (χ3v) is 3.67. The Balaban J connectivity index is 1.71. The Bertz CT molecular complexity index is 636. The van der Waals surface area contributed by atoms with Crippen LogP contribution < -0.4 is 5.32 Å². The van der Waals surface area contributed by atoms with Gasteiger partial charge in [-0.1, -0.05) is 18.2 Å². The van der Waals surface area contributed by atoms with E-state index in [-0.39, 0.29) is 18.3 Å². The Morgan fingerprint density at radius 1 is 1.30 bits per heavy atom. The lowest BCUT2D eigenvalue weighted by Gasteiger charge is -2.11. The van der Waals surface area contributed by atoms with Gasteiger partial charge in [0.2, 0.25) is 0 Å². The molecule has 0 atom stereocenters. The van der Waals surface area contributed by atoms with Gasteiger partial charge in [-0.05, 0) is 31.7 Å². The number of hydrogen-bond acceptors (Lipinski definition) is 2. The minimum atomic E-state index is -0.308. The van der Waals surface area contributed by atoms with Gasteiger partial charge in [0.25, 0.3) is 5.91 Å². The van der Waals surface area contributed by atoms with E-state index in [1.807, 2.05) is 0 Å². The molecule has 0 saturated carbocycles. The molecule has 1 aliphatic rings. The highest BCUT2D eigenvalue weighted by Gasteiger charge is 2.21. The first kappa shape index (κ1) is 12.8. The second-order valence-electron chi connectivity index (χ2n) is 5.01. The highest BCUT2D eigenvalue weighted by molar-refractivity contribution is 5.94. The van der Waals surface area contributed by atoms with E-state index in [2.05, 4.69) is 15.5 Å². The molecule has 2 N–H and O–H groups in total. The lowest BCUT2D eigenvalue weighted by Crippen LogP contribution is -2.25. The normalized spacial score (nSPS) is 13.8. The number of halogens is 1. The number of aromatic nitrogens is 2. The van der Waals surface area contributed by atoms with E-state index < -0.39 is 0 Å². The van der Waals surface area contributed by atoms with Crippen molar-refractivity contribution in [3.8, 4) is 0 Å². The average Bonchev–Trinajstić information content (AvgIpc) is 2.90. The molecule has 0 radical (unpaired) electrons. The summed E-state index contributed by atoms with van der Waals surface area (Å²) in [5.74, 6) is -0.551. The van der Waals surface area contributed by atoms with Crippen LogP contribution in [0.5, 0.6) is 0 Å². The van der Waals surface area contributed by atoms with Crippen LogP contribution in [0.15, 0.2) is 24.3 Å². The molecule has 20 heavy (non-hydrogen) atoms. The lowest BCUT2D eigenvalue weighted by atomic mass is 9.96. The molecule has 0 fully saturated rings. The Kier molecular flexibility index (Phi) is 3.50. The van der Waals surface area contributed by atoms with E-state index in [0.717, 1.165) is 36.9 Å². The summed E-state index contributed by atoms with van der Waals surface area (Å²) in [5, 5.41) is 9.76. The molecule has 2 aromatic rings. The van der Waals surface area contributed by atoms with Crippen molar-refractivity contribution in [2.45, 2.75) is 32.2 Å². The van der Waals surface area contributed by atoms with E-state index in [9.17, 15) is 9.18 Å². The number of carbonyl (C=O) groups is 1. The maximum absolute atomic E-state index is 13.5. The molecule has 104 valence electrons. The molecule has 1 aromatic heterocycles. The van der Waals surface area contributed by atoms with Gasteiger partial charge in [-0.3, -0.25) is 9.89 Å². The van der Waals surface area contributed by atoms with Crippen LogP contribution in [0.3, 0.4) is 0 Å². The zero-order valence-electron chi connectivity index (χ0n) is 11.1. The van der Waals surface area contributed by atoms with Crippen LogP contribution in [0.4, 0.5) is 4.39 Å². The van der Waals surface area contributed by atoms with Crippen LogP contribution in [0.2, 0.25) is 0 Å². The Morgan fingerprint density at radius 2 is 2.10 bits per heavy atom. The largest absolute Gasteiger partial charge is 0.346 e. The fraction of sp³-hybridized carbons (Fsp3) is 0.333. The molecule has 0 saturated heterocycles. The second-order valence-corrected chi connectivity index (χ2v) is 5.01. The van der Waals surface area contributed by atoms with Crippen molar-refractivity contribution in [3.05, 3.63) is 52.6 Å². The molecular formula is C15H16FN3O. The molecule has 5 heteroatoms. The number of benzene rings is 1. The van der Waals surface area contributed by atoms with E-state index in [1.165, 1.54) is 6.07 Å². The smallest absolute Gasteiger partial charge is 0.272 e. The molecule has 1 heterocycles. The fourth-order valence-electron chi connectivity index (χ4n) is 2.57. The van der Waals surface area contributed by atoms with Gasteiger partial charge >= 0.3 is 0 Å². The Morgan fingerprint density at radius 3 is 2.95 bits per heavy atom. The summed E-state index contributed by atoms with van der Waals surface area (Å²) in [6.45, 7) is 0.174. The summed E-state index contributed by atoms with van der Waals surface area (Å²) in [7, 11) is 0. The topological polar surface area (TPSA) is 57.8 Å². The van der Waals surface area contributed by atoms with E-state index in [4.69, 9.17) is 0 Å². The number of hydrogen-bond donors (Lipinski definition) is 2. The number of carbonyl (C=O) groups excluding carboxylic acids is 1. The number of rotatable bonds is 3. The van der Waals surface area contributed by atoms with Crippen LogP contribution >= 0.6 is 0 Å². The average molecular weight is 273 g/mol. The van der Waals surface area contributed by atoms with Crippen molar-refractivity contribution in [1.29, 1.82) is 0 Å². The summed E-state index contributed by atoms with van der Waals surface area (Å²) in [4.78, 5) is 12.1. The number of nitrogens with one attached hydrogen (secondary N) is 2. The van der Waals surface area contributed by atoms with Gasteiger partial charge < -0.3 is 5.32 Å². The molecule has 0 bridgehead atoms. The predicted molar refractivity (Wildman–Crippen MR) is 72.8 cm³/mol. The first-order valence-electron chi connectivity index (χ1n) is 6.83. The summed E-state index contributed by atoms with van der Waals surface area (Å²) in [6.07, 6.45) is 4.04. The molecular weight excluding hydrogens is 257 g/mol. The molecule has 0 aliphatic heterocycles. The van der Waals surface area contributed by atoms with E-state index in [0.29, 0.717) is 11.3 Å². The van der Waals surface area contributed by atoms with E-state index >= 15 is 0 Å². The highest BCUT2D eigenvalue weighted by Crippen LogP contribution is 2.22. The van der Waals surface area contributed by atoms with E-state index in [1.54, 1.807) is 18.2 Å². The zero-order chi connectivity index (χ0) is 13.9. The van der Waals surface area contributed by atoms with Crippen molar-refractivity contribution >= 4 is 5.91 Å². The third kappa shape index (κ3) is 2.43. The minimum Gasteiger partial charge on any atom is -0.346 e. The monoisotopic (exact) mass is 273 g/mol. The molecule has 4 nitrogen and oxygen atoms in total. The number of aromatic amines is 1. The van der Waals surface area contributed by atoms with Crippen molar-refractivity contribution in [3.63, 3.8) is 0 Å². The SMILES string of the molecule is O=C(NCc1ccccc1F)c1n[nH]c2c1CCCC2. The maximum atomic E-state index is 13.5. The molecule has 0 unspecified atom stereocenters. The first-order chi connectivity index (χ1) is 9.75. The standard InChI is InChI=1S/C15H16FN3O/c16-12-7-3-1-5-10(12)9-17-15(20)14-11-6-2-4-8-13(11)18-19-14/h1,3,5,7H,2,4,6,8-9H2,(H,17,20)(H,18,19). The number of amides is 1. The van der Waals surface area contributed by atoms with Crippen LogP contribution in [-0.2, 0) is 19.4 Å². The molecule has 1 aliphatic carbocycles. The summed E-state index contributed by atoms with van der Waals surface area (Å²) in [5.41, 5.74) is 3.01. The zero-order valence-corrected chi connectivity index (χ0v) is 11.1. The van der Waals surface area contributed by atoms with Gasteiger partial charge in [-0.25, -0.2) is 4.39 Å². The fourth-order valence-corrected chi connectivity index (χ4v) is 2.57. The number of nitrogens with zero attached hydrogens (tertiary/aromatic N) is 1. The van der Waals surface area contributed by atoms with Crippen molar-refractivity contribution in [2.24, 2.45) is 0 Å². The summed E-state index contributed by atoms with van der Waals surface area (Å²) in [6, 6.07) is 6.43. The van der Waals surface area contributed by atoms with Crippen LogP contribution in [0.1, 0.15) is 40.2 Å². The molecule has 1 amide bonds. The maximum Gasteiger partial charge on any atom is 0.272 e. The summed E-state index contributed by atoms with van der Waals surface area (Å²) >= 11 is 0. The van der Waals surface area contributed by atoms with Gasteiger partial charge in [0.1, 0.15) is 5.82 Å². The van der Waals surface area contributed by atoms with Gasteiger partial charge in [0, 0.05) is 23.4 Å². The van der Waals surface area contributed by atoms with Gasteiger partial charge in [0.15, 0.2) is 5.69 Å². The van der Waals surface area contributed by atoms with Crippen molar-refractivity contribution in [2.75, 3.05) is 0 Å². The van der Waals surface area contributed by atoms with Crippen molar-refractivity contribution in [1.82, 2.24) is 15.5 Å².